The van der Waals surface area contributed by atoms with Crippen molar-refractivity contribution in [2.24, 2.45) is 5.92 Å². The van der Waals surface area contributed by atoms with Gasteiger partial charge in [-0.2, -0.15) is 0 Å². The zero-order valence-corrected chi connectivity index (χ0v) is 16.3. The number of ether oxygens (including phenoxy) is 2. The molecule has 0 amide bonds. The molecular weight excluding hydrogens is 387 g/mol. The summed E-state index contributed by atoms with van der Waals surface area (Å²) in [5, 5.41) is 3.57. The largest absolute Gasteiger partial charge is 0.492 e. The summed E-state index contributed by atoms with van der Waals surface area (Å²) in [7, 11) is -3.69. The molecule has 0 bridgehead atoms. The summed E-state index contributed by atoms with van der Waals surface area (Å²) >= 11 is 6.01. The number of benzene rings is 1. The van der Waals surface area contributed by atoms with Gasteiger partial charge in [-0.05, 0) is 44.0 Å². The van der Waals surface area contributed by atoms with Gasteiger partial charge in [-0.15, -0.1) is 12.4 Å². The van der Waals surface area contributed by atoms with Gasteiger partial charge in [0.2, 0.25) is 10.0 Å². The van der Waals surface area contributed by atoms with Crippen LogP contribution in [0.4, 0.5) is 0 Å². The molecule has 2 aliphatic rings. The number of hydrogen-bond acceptors (Lipinski definition) is 5. The molecule has 0 radical (unpaired) electrons. The molecule has 2 aliphatic heterocycles. The van der Waals surface area contributed by atoms with E-state index in [2.05, 4.69) is 10.0 Å². The fraction of sp³-hybridized carbons (Fsp3) is 0.625. The minimum Gasteiger partial charge on any atom is -0.492 e. The van der Waals surface area contributed by atoms with Crippen LogP contribution in [0.2, 0.25) is 5.02 Å². The second-order valence-electron chi connectivity index (χ2n) is 6.30. The van der Waals surface area contributed by atoms with E-state index in [4.69, 9.17) is 21.1 Å². The molecule has 9 heteroatoms. The second kappa shape index (κ2) is 9.39. The first-order valence-corrected chi connectivity index (χ1v) is 10.1. The molecule has 2 fully saturated rings. The third-order valence-electron chi connectivity index (χ3n) is 4.31. The van der Waals surface area contributed by atoms with E-state index in [1.807, 2.05) is 0 Å². The molecule has 0 aromatic heterocycles. The number of hydrogen-bond donors (Lipinski definition) is 2. The van der Waals surface area contributed by atoms with Crippen molar-refractivity contribution >= 4 is 34.0 Å². The van der Waals surface area contributed by atoms with Gasteiger partial charge in [0, 0.05) is 30.1 Å². The summed E-state index contributed by atoms with van der Waals surface area (Å²) in [6.45, 7) is 3.38. The molecule has 2 atom stereocenters. The van der Waals surface area contributed by atoms with Gasteiger partial charge in [0.15, 0.2) is 0 Å². The smallest absolute Gasteiger partial charge is 0.244 e. The van der Waals surface area contributed by atoms with Crippen LogP contribution in [-0.2, 0) is 14.8 Å². The molecule has 25 heavy (non-hydrogen) atoms. The Morgan fingerprint density at radius 2 is 2.20 bits per heavy atom. The Kier molecular flexibility index (Phi) is 7.79. The van der Waals surface area contributed by atoms with Crippen molar-refractivity contribution in [2.75, 3.05) is 32.9 Å². The summed E-state index contributed by atoms with van der Waals surface area (Å²) in [6, 6.07) is 4.59. The van der Waals surface area contributed by atoms with Crippen molar-refractivity contribution in [3.05, 3.63) is 23.2 Å². The standard InChI is InChI=1S/C16H23ClN2O4S.ClH/c17-13-3-4-15(23-11-12-5-7-22-10-12)16(8-13)24(20,21)19-14-2-1-6-18-9-14;/h3-4,8,12,14,18-19H,1-2,5-7,9-11H2;1H. The van der Waals surface area contributed by atoms with Gasteiger partial charge in [-0.3, -0.25) is 0 Å². The first kappa shape index (κ1) is 20.7. The number of rotatable bonds is 6. The van der Waals surface area contributed by atoms with Gasteiger partial charge in [-0.25, -0.2) is 13.1 Å². The van der Waals surface area contributed by atoms with E-state index in [0.29, 0.717) is 36.4 Å². The van der Waals surface area contributed by atoms with E-state index in [9.17, 15) is 8.42 Å². The Bertz CT molecular complexity index is 660. The third kappa shape index (κ3) is 5.70. The maximum absolute atomic E-state index is 12.8. The van der Waals surface area contributed by atoms with Crippen molar-refractivity contribution in [1.29, 1.82) is 0 Å². The van der Waals surface area contributed by atoms with Crippen LogP contribution in [0.3, 0.4) is 0 Å². The molecule has 1 aromatic rings. The molecule has 2 heterocycles. The predicted octanol–water partition coefficient (Wildman–Crippen LogP) is 2.21. The van der Waals surface area contributed by atoms with E-state index < -0.39 is 10.0 Å². The minimum absolute atomic E-state index is 0. The molecular formula is C16H24Cl2N2O4S. The van der Waals surface area contributed by atoms with E-state index >= 15 is 0 Å². The number of sulfonamides is 1. The lowest BCUT2D eigenvalue weighted by molar-refractivity contribution is 0.166. The topological polar surface area (TPSA) is 76.7 Å². The summed E-state index contributed by atoms with van der Waals surface area (Å²) in [5.74, 6) is 0.634. The van der Waals surface area contributed by atoms with E-state index in [0.717, 1.165) is 32.4 Å². The van der Waals surface area contributed by atoms with E-state index in [1.54, 1.807) is 12.1 Å². The van der Waals surface area contributed by atoms with Crippen LogP contribution in [0.5, 0.6) is 5.75 Å². The van der Waals surface area contributed by atoms with Crippen LogP contribution in [-0.4, -0.2) is 47.4 Å². The van der Waals surface area contributed by atoms with Gasteiger partial charge in [0.1, 0.15) is 10.6 Å². The van der Waals surface area contributed by atoms with Gasteiger partial charge in [0.05, 0.1) is 13.2 Å². The molecule has 1 aromatic carbocycles. The molecule has 0 saturated carbocycles. The Morgan fingerprint density at radius 3 is 2.88 bits per heavy atom. The summed E-state index contributed by atoms with van der Waals surface area (Å²) in [4.78, 5) is 0.0967. The molecule has 0 aliphatic carbocycles. The van der Waals surface area contributed by atoms with Crippen LogP contribution in [0, 0.1) is 5.92 Å². The van der Waals surface area contributed by atoms with Crippen molar-refractivity contribution in [3.63, 3.8) is 0 Å². The highest BCUT2D eigenvalue weighted by Crippen LogP contribution is 2.28. The van der Waals surface area contributed by atoms with Crippen LogP contribution < -0.4 is 14.8 Å². The monoisotopic (exact) mass is 410 g/mol. The molecule has 2 N–H and O–H groups in total. The SMILES string of the molecule is Cl.O=S(=O)(NC1CCCNC1)c1cc(Cl)ccc1OCC1CCOC1. The van der Waals surface area contributed by atoms with E-state index in [1.165, 1.54) is 6.07 Å². The van der Waals surface area contributed by atoms with Gasteiger partial charge in [-0.1, -0.05) is 11.6 Å². The van der Waals surface area contributed by atoms with Crippen LogP contribution in [0.1, 0.15) is 19.3 Å². The van der Waals surface area contributed by atoms with Crippen molar-refractivity contribution in [2.45, 2.75) is 30.2 Å². The predicted molar refractivity (Wildman–Crippen MR) is 99.3 cm³/mol. The average Bonchev–Trinajstić information content (AvgIpc) is 3.07. The first-order chi connectivity index (χ1) is 11.5. The molecule has 6 nitrogen and oxygen atoms in total. The molecule has 0 spiro atoms. The average molecular weight is 411 g/mol. The molecule has 2 saturated heterocycles. The molecule has 142 valence electrons. The number of piperidine rings is 1. The summed E-state index contributed by atoms with van der Waals surface area (Å²) < 4.78 is 39.4. The summed E-state index contributed by atoms with van der Waals surface area (Å²) in [5.41, 5.74) is 0. The van der Waals surface area contributed by atoms with Crippen LogP contribution >= 0.6 is 24.0 Å². The van der Waals surface area contributed by atoms with E-state index in [-0.39, 0.29) is 23.3 Å². The highest BCUT2D eigenvalue weighted by molar-refractivity contribution is 7.89. The minimum atomic E-state index is -3.69. The summed E-state index contributed by atoms with van der Waals surface area (Å²) in [6.07, 6.45) is 2.71. The number of nitrogens with one attached hydrogen (secondary N) is 2. The highest BCUT2D eigenvalue weighted by Gasteiger charge is 2.26. The third-order valence-corrected chi connectivity index (χ3v) is 6.09. The highest BCUT2D eigenvalue weighted by atomic mass is 35.5. The second-order valence-corrected chi connectivity index (χ2v) is 8.42. The van der Waals surface area contributed by atoms with Gasteiger partial charge >= 0.3 is 0 Å². The van der Waals surface area contributed by atoms with Crippen molar-refractivity contribution in [3.8, 4) is 5.75 Å². The lowest BCUT2D eigenvalue weighted by atomic mass is 10.1. The zero-order valence-electron chi connectivity index (χ0n) is 13.9. The maximum atomic E-state index is 12.8. The Labute approximate surface area is 160 Å². The van der Waals surface area contributed by atoms with Crippen LogP contribution in [0.25, 0.3) is 0 Å². The van der Waals surface area contributed by atoms with Crippen molar-refractivity contribution < 1.29 is 17.9 Å². The lowest BCUT2D eigenvalue weighted by Crippen LogP contribution is -2.45. The normalized spacial score (nSPS) is 23.9. The maximum Gasteiger partial charge on any atom is 0.244 e. The quantitative estimate of drug-likeness (QED) is 0.751. The fourth-order valence-corrected chi connectivity index (χ4v) is 4.65. The Balaban J connectivity index is 0.00000225. The zero-order chi connectivity index (χ0) is 17.0. The van der Waals surface area contributed by atoms with Crippen molar-refractivity contribution in [1.82, 2.24) is 10.0 Å². The first-order valence-electron chi connectivity index (χ1n) is 8.28. The Morgan fingerprint density at radius 1 is 1.36 bits per heavy atom. The lowest BCUT2D eigenvalue weighted by Gasteiger charge is -2.24. The van der Waals surface area contributed by atoms with Gasteiger partial charge < -0.3 is 14.8 Å². The Hall–Kier alpha value is -0.570. The van der Waals surface area contributed by atoms with Crippen LogP contribution in [0.15, 0.2) is 23.1 Å². The number of halogens is 2. The fourth-order valence-electron chi connectivity index (χ4n) is 2.97. The molecule has 3 rings (SSSR count). The molecule has 2 unspecified atom stereocenters. The van der Waals surface area contributed by atoms with Gasteiger partial charge in [0.25, 0.3) is 0 Å².